The number of alkyl halides is 2. The van der Waals surface area contributed by atoms with Crippen LogP contribution in [-0.2, 0) is 14.4 Å². The second kappa shape index (κ2) is 13.5. The second-order valence-corrected chi connectivity index (χ2v) is 10.9. The Kier molecular flexibility index (Phi) is 12.0. The molecule has 0 unspecified atom stereocenters. The third kappa shape index (κ3) is 9.29. The number of hydrogen-bond acceptors (Lipinski definition) is 5. The van der Waals surface area contributed by atoms with Gasteiger partial charge in [-0.05, 0) is 37.1 Å². The number of likely N-dealkylation sites (N-methyl/N-ethyl adjacent to an activating group) is 2. The van der Waals surface area contributed by atoms with E-state index < -0.39 is 41.8 Å². The zero-order chi connectivity index (χ0) is 27.1. The van der Waals surface area contributed by atoms with Crippen molar-refractivity contribution in [3.8, 4) is 0 Å². The van der Waals surface area contributed by atoms with Crippen LogP contribution >= 0.6 is 0 Å². The molecule has 0 bridgehead atoms. The second-order valence-electron chi connectivity index (χ2n) is 10.9. The number of nitrogens with zero attached hydrogens (tertiary/aromatic N) is 3. The molecule has 0 aromatic carbocycles. The van der Waals surface area contributed by atoms with Gasteiger partial charge in [-0.15, -0.1) is 0 Å². The molecule has 0 aromatic heterocycles. The Bertz CT molecular complexity index is 720. The SMILES string of the molecule is CC(C)CCCC(=O)N(C)[C@H](C(=O)N(C)[C@H](C(N)=O)[C@H](O)[C@H](C)CCN1CCC(F)(F)C1)C(C)C. The van der Waals surface area contributed by atoms with Crippen LogP contribution in [0.3, 0.4) is 0 Å². The highest BCUT2D eigenvalue weighted by Crippen LogP contribution is 2.28. The average Bonchev–Trinajstić information content (AvgIpc) is 3.09. The van der Waals surface area contributed by atoms with E-state index in [1.807, 2.05) is 13.8 Å². The molecule has 1 saturated heterocycles. The summed E-state index contributed by atoms with van der Waals surface area (Å²) in [7, 11) is 2.99. The topological polar surface area (TPSA) is 107 Å². The quantitative estimate of drug-likeness (QED) is 0.378. The van der Waals surface area contributed by atoms with Crippen LogP contribution in [0.5, 0.6) is 0 Å². The number of hydrogen-bond donors (Lipinski definition) is 2. The van der Waals surface area contributed by atoms with Crippen molar-refractivity contribution in [2.45, 2.75) is 90.8 Å². The van der Waals surface area contributed by atoms with Gasteiger partial charge in [0, 0.05) is 33.5 Å². The van der Waals surface area contributed by atoms with Crippen LogP contribution in [0.25, 0.3) is 0 Å². The van der Waals surface area contributed by atoms with Crippen LogP contribution in [0.1, 0.15) is 66.7 Å². The van der Waals surface area contributed by atoms with E-state index in [-0.39, 0.29) is 31.3 Å². The molecule has 4 atom stereocenters. The molecule has 1 aliphatic heterocycles. The maximum absolute atomic E-state index is 13.4. The molecule has 1 rings (SSSR count). The van der Waals surface area contributed by atoms with Gasteiger partial charge in [-0.3, -0.25) is 19.3 Å². The minimum absolute atomic E-state index is 0.155. The van der Waals surface area contributed by atoms with Crippen LogP contribution in [-0.4, -0.2) is 95.4 Å². The van der Waals surface area contributed by atoms with Gasteiger partial charge in [0.2, 0.25) is 17.7 Å². The van der Waals surface area contributed by atoms with E-state index >= 15 is 0 Å². The van der Waals surface area contributed by atoms with Gasteiger partial charge in [-0.2, -0.15) is 0 Å². The van der Waals surface area contributed by atoms with E-state index in [1.54, 1.807) is 18.9 Å². The number of aliphatic hydroxyl groups is 1. The van der Waals surface area contributed by atoms with E-state index in [0.29, 0.717) is 25.3 Å². The number of carbonyl (C=O) groups excluding carboxylic acids is 3. The summed E-state index contributed by atoms with van der Waals surface area (Å²) in [4.78, 5) is 42.7. The lowest BCUT2D eigenvalue weighted by Crippen LogP contribution is -2.59. The lowest BCUT2D eigenvalue weighted by molar-refractivity contribution is -0.152. The number of amides is 3. The molecule has 0 radical (unpaired) electrons. The number of nitrogens with two attached hydrogens (primary N) is 1. The Morgan fingerprint density at radius 1 is 1.03 bits per heavy atom. The van der Waals surface area contributed by atoms with E-state index in [9.17, 15) is 28.3 Å². The number of rotatable bonds is 14. The monoisotopic (exact) mass is 504 g/mol. The summed E-state index contributed by atoms with van der Waals surface area (Å²) in [6.45, 7) is 9.82. The first-order valence-electron chi connectivity index (χ1n) is 12.7. The van der Waals surface area contributed by atoms with E-state index in [4.69, 9.17) is 5.73 Å². The fraction of sp³-hybridized carbons (Fsp3) is 0.880. The smallest absolute Gasteiger partial charge is 0.261 e. The van der Waals surface area contributed by atoms with Gasteiger partial charge >= 0.3 is 0 Å². The molecule has 1 aliphatic rings. The van der Waals surface area contributed by atoms with Crippen LogP contribution in [0.2, 0.25) is 0 Å². The minimum Gasteiger partial charge on any atom is -0.390 e. The summed E-state index contributed by atoms with van der Waals surface area (Å²) in [6.07, 6.45) is 0.852. The van der Waals surface area contributed by atoms with Crippen molar-refractivity contribution in [3.63, 3.8) is 0 Å². The largest absolute Gasteiger partial charge is 0.390 e. The predicted molar refractivity (Wildman–Crippen MR) is 132 cm³/mol. The Balaban J connectivity index is 2.88. The van der Waals surface area contributed by atoms with Gasteiger partial charge in [-0.1, -0.05) is 41.0 Å². The van der Waals surface area contributed by atoms with E-state index in [0.717, 1.165) is 17.7 Å². The fourth-order valence-electron chi connectivity index (χ4n) is 4.69. The van der Waals surface area contributed by atoms with Crippen molar-refractivity contribution in [2.24, 2.45) is 23.5 Å². The normalized spacial score (nSPS) is 19.4. The molecule has 0 saturated carbocycles. The molecule has 1 heterocycles. The molecule has 3 amide bonds. The average molecular weight is 505 g/mol. The summed E-state index contributed by atoms with van der Waals surface area (Å²) >= 11 is 0. The number of carbonyl (C=O) groups is 3. The maximum Gasteiger partial charge on any atom is 0.261 e. The number of likely N-dealkylation sites (tertiary alicyclic amines) is 1. The maximum atomic E-state index is 13.4. The van der Waals surface area contributed by atoms with Crippen LogP contribution < -0.4 is 5.73 Å². The molecule has 8 nitrogen and oxygen atoms in total. The number of halogens is 2. The number of aliphatic hydroxyl groups excluding tert-OH is 1. The summed E-state index contributed by atoms with van der Waals surface area (Å²) in [5, 5.41) is 10.9. The zero-order valence-corrected chi connectivity index (χ0v) is 22.5. The molecule has 10 heteroatoms. The molecule has 1 fully saturated rings. The summed E-state index contributed by atoms with van der Waals surface area (Å²) in [5.74, 6) is -4.42. The first kappa shape index (κ1) is 31.2. The molecule has 0 aliphatic carbocycles. The highest BCUT2D eigenvalue weighted by atomic mass is 19.3. The number of primary amides is 1. The van der Waals surface area contributed by atoms with Crippen LogP contribution in [0, 0.1) is 17.8 Å². The molecule has 35 heavy (non-hydrogen) atoms. The van der Waals surface area contributed by atoms with Gasteiger partial charge in [0.1, 0.15) is 12.1 Å². The third-order valence-electron chi connectivity index (χ3n) is 6.98. The Hall–Kier alpha value is -1.81. The first-order valence-corrected chi connectivity index (χ1v) is 12.7. The third-order valence-corrected chi connectivity index (χ3v) is 6.98. The van der Waals surface area contributed by atoms with Gasteiger partial charge in [0.05, 0.1) is 12.6 Å². The van der Waals surface area contributed by atoms with Gasteiger partial charge in [-0.25, -0.2) is 8.78 Å². The van der Waals surface area contributed by atoms with E-state index in [1.165, 1.54) is 11.9 Å². The lowest BCUT2D eigenvalue weighted by Gasteiger charge is -2.38. The highest BCUT2D eigenvalue weighted by Gasteiger charge is 2.41. The van der Waals surface area contributed by atoms with Crippen molar-refractivity contribution in [1.29, 1.82) is 0 Å². The molecular weight excluding hydrogens is 458 g/mol. The highest BCUT2D eigenvalue weighted by molar-refractivity contribution is 5.92. The summed E-state index contributed by atoms with van der Waals surface area (Å²) in [5.41, 5.74) is 5.59. The zero-order valence-electron chi connectivity index (χ0n) is 22.5. The van der Waals surface area contributed by atoms with Crippen molar-refractivity contribution in [3.05, 3.63) is 0 Å². The van der Waals surface area contributed by atoms with Gasteiger partial charge in [0.25, 0.3) is 5.92 Å². The van der Waals surface area contributed by atoms with Crippen molar-refractivity contribution in [1.82, 2.24) is 14.7 Å². The molecule has 0 aromatic rings. The lowest BCUT2D eigenvalue weighted by atomic mass is 9.92. The Labute approximate surface area is 209 Å². The Morgan fingerprint density at radius 3 is 2.09 bits per heavy atom. The summed E-state index contributed by atoms with van der Waals surface area (Å²) in [6, 6.07) is -2.12. The molecular formula is C25H46F2N4O4. The fourth-order valence-corrected chi connectivity index (χ4v) is 4.69. The first-order chi connectivity index (χ1) is 16.1. The molecule has 0 spiro atoms. The molecule has 204 valence electrons. The van der Waals surface area contributed by atoms with Crippen LogP contribution in [0.15, 0.2) is 0 Å². The standard InChI is InChI=1S/C25H46F2N4O4/c1-16(2)9-8-10-19(32)29(6)20(17(3)4)24(35)30(7)21(23(28)34)22(33)18(5)11-13-31-14-12-25(26,27)15-31/h16-18,20-22,33H,8-15H2,1-7H3,(H2,28,34)/t18-,20+,21+,22-/m1/s1. The molecule has 3 N–H and O–H groups in total. The van der Waals surface area contributed by atoms with Crippen molar-refractivity contribution < 1.29 is 28.3 Å². The van der Waals surface area contributed by atoms with E-state index in [2.05, 4.69) is 13.8 Å². The van der Waals surface area contributed by atoms with Crippen LogP contribution in [0.4, 0.5) is 8.78 Å². The van der Waals surface area contributed by atoms with Gasteiger partial charge < -0.3 is 20.6 Å². The predicted octanol–water partition coefficient (Wildman–Crippen LogP) is 2.34. The van der Waals surface area contributed by atoms with Crippen molar-refractivity contribution >= 4 is 17.7 Å². The Morgan fingerprint density at radius 2 is 1.63 bits per heavy atom. The van der Waals surface area contributed by atoms with Gasteiger partial charge in [0.15, 0.2) is 0 Å². The minimum atomic E-state index is -2.70. The van der Waals surface area contributed by atoms with Crippen molar-refractivity contribution in [2.75, 3.05) is 33.7 Å². The summed E-state index contributed by atoms with van der Waals surface area (Å²) < 4.78 is 26.9.